The summed E-state index contributed by atoms with van der Waals surface area (Å²) in [6.07, 6.45) is 1.97. The van der Waals surface area contributed by atoms with Gasteiger partial charge in [0.1, 0.15) is 6.04 Å². The number of benzene rings is 1. The van der Waals surface area contributed by atoms with Gasteiger partial charge in [-0.3, -0.25) is 4.79 Å². The van der Waals surface area contributed by atoms with Crippen molar-refractivity contribution in [2.24, 2.45) is 5.92 Å². The average Bonchev–Trinajstić information content (AvgIpc) is 2.90. The summed E-state index contributed by atoms with van der Waals surface area (Å²) in [5, 5.41) is 15.1. The number of amides is 1. The van der Waals surface area contributed by atoms with Crippen LogP contribution in [0.4, 0.5) is 0 Å². The van der Waals surface area contributed by atoms with Gasteiger partial charge in [0.2, 0.25) is 5.91 Å². The second-order valence-corrected chi connectivity index (χ2v) is 5.62. The van der Waals surface area contributed by atoms with E-state index in [0.29, 0.717) is 12.8 Å². The smallest absolute Gasteiger partial charge is 0.326 e. The molecule has 5 heteroatoms. The maximum absolute atomic E-state index is 12.1. The van der Waals surface area contributed by atoms with Crippen LogP contribution >= 0.6 is 0 Å². The zero-order valence-electron chi connectivity index (χ0n) is 12.2. The van der Waals surface area contributed by atoms with Crippen molar-refractivity contribution < 1.29 is 14.7 Å². The standard InChI is InChI=1S/C16H22N2O3/c1-11-9-10-17-14(11)15(19)18-13(16(20)21)8-7-12-5-3-2-4-6-12/h2-6,11,13-14,17H,7-10H2,1H3,(H,18,19)(H,20,21). The van der Waals surface area contributed by atoms with Crippen LogP contribution in [0.5, 0.6) is 0 Å². The topological polar surface area (TPSA) is 78.4 Å². The molecule has 1 amide bonds. The average molecular weight is 290 g/mol. The van der Waals surface area contributed by atoms with E-state index in [1.54, 1.807) is 0 Å². The lowest BCUT2D eigenvalue weighted by atomic mass is 10.0. The third kappa shape index (κ3) is 4.29. The van der Waals surface area contributed by atoms with Gasteiger partial charge in [0, 0.05) is 0 Å². The number of hydrogen-bond acceptors (Lipinski definition) is 3. The van der Waals surface area contributed by atoms with E-state index < -0.39 is 12.0 Å². The van der Waals surface area contributed by atoms with Crippen LogP contribution in [0, 0.1) is 5.92 Å². The minimum atomic E-state index is -0.982. The van der Waals surface area contributed by atoms with Crippen molar-refractivity contribution in [3.05, 3.63) is 35.9 Å². The summed E-state index contributed by atoms with van der Waals surface area (Å²) < 4.78 is 0. The summed E-state index contributed by atoms with van der Waals surface area (Å²) in [4.78, 5) is 23.5. The lowest BCUT2D eigenvalue weighted by Crippen LogP contribution is -2.50. The Morgan fingerprint density at radius 1 is 1.38 bits per heavy atom. The molecule has 2 rings (SSSR count). The van der Waals surface area contributed by atoms with Crippen LogP contribution in [0.25, 0.3) is 0 Å². The van der Waals surface area contributed by atoms with Crippen molar-refractivity contribution in [2.45, 2.75) is 38.3 Å². The number of carbonyl (C=O) groups is 2. The highest BCUT2D eigenvalue weighted by Crippen LogP contribution is 2.15. The molecule has 0 aromatic heterocycles. The molecule has 3 atom stereocenters. The molecule has 0 aliphatic carbocycles. The number of rotatable bonds is 6. The fourth-order valence-corrected chi connectivity index (χ4v) is 2.66. The van der Waals surface area contributed by atoms with Gasteiger partial charge in [0.05, 0.1) is 6.04 Å². The fourth-order valence-electron chi connectivity index (χ4n) is 2.66. The van der Waals surface area contributed by atoms with Crippen LogP contribution in [0.2, 0.25) is 0 Å². The van der Waals surface area contributed by atoms with E-state index in [9.17, 15) is 14.7 Å². The maximum atomic E-state index is 12.1. The molecule has 3 N–H and O–H groups in total. The van der Waals surface area contributed by atoms with Crippen molar-refractivity contribution in [2.75, 3.05) is 6.54 Å². The monoisotopic (exact) mass is 290 g/mol. The molecule has 1 aromatic carbocycles. The molecule has 21 heavy (non-hydrogen) atoms. The molecule has 0 saturated carbocycles. The van der Waals surface area contributed by atoms with Crippen LogP contribution in [-0.2, 0) is 16.0 Å². The molecule has 1 heterocycles. The summed E-state index contributed by atoms with van der Waals surface area (Å²) in [5.74, 6) is -0.945. The van der Waals surface area contributed by atoms with E-state index in [-0.39, 0.29) is 17.9 Å². The molecule has 1 aliphatic rings. The van der Waals surface area contributed by atoms with Crippen molar-refractivity contribution in [3.63, 3.8) is 0 Å². The number of nitrogens with one attached hydrogen (secondary N) is 2. The largest absolute Gasteiger partial charge is 0.480 e. The van der Waals surface area contributed by atoms with Crippen LogP contribution < -0.4 is 10.6 Å². The van der Waals surface area contributed by atoms with E-state index in [1.165, 1.54) is 0 Å². The summed E-state index contributed by atoms with van der Waals surface area (Å²) in [6, 6.07) is 8.58. The Morgan fingerprint density at radius 3 is 2.67 bits per heavy atom. The molecule has 1 aliphatic heterocycles. The predicted octanol–water partition coefficient (Wildman–Crippen LogP) is 1.19. The van der Waals surface area contributed by atoms with Gasteiger partial charge in [-0.05, 0) is 37.3 Å². The Balaban J connectivity index is 1.90. The Bertz CT molecular complexity index is 490. The van der Waals surface area contributed by atoms with E-state index in [0.717, 1.165) is 18.5 Å². The molecule has 0 radical (unpaired) electrons. The van der Waals surface area contributed by atoms with Gasteiger partial charge >= 0.3 is 5.97 Å². The van der Waals surface area contributed by atoms with Crippen molar-refractivity contribution in [1.29, 1.82) is 0 Å². The first-order valence-electron chi connectivity index (χ1n) is 7.38. The Labute approximate surface area is 124 Å². The minimum Gasteiger partial charge on any atom is -0.480 e. The SMILES string of the molecule is CC1CCNC1C(=O)NC(CCc1ccccc1)C(=O)O. The van der Waals surface area contributed by atoms with Crippen molar-refractivity contribution in [1.82, 2.24) is 10.6 Å². The second kappa shape index (κ2) is 7.22. The lowest BCUT2D eigenvalue weighted by Gasteiger charge is -2.20. The van der Waals surface area contributed by atoms with E-state index >= 15 is 0 Å². The molecule has 0 bridgehead atoms. The normalized spacial score (nSPS) is 22.7. The van der Waals surface area contributed by atoms with Gasteiger partial charge in [-0.1, -0.05) is 37.3 Å². The summed E-state index contributed by atoms with van der Waals surface area (Å²) in [6.45, 7) is 2.81. The number of aliphatic carboxylic acids is 1. The molecule has 3 unspecified atom stereocenters. The van der Waals surface area contributed by atoms with Crippen LogP contribution in [0.1, 0.15) is 25.3 Å². The van der Waals surface area contributed by atoms with Gasteiger partial charge in [-0.2, -0.15) is 0 Å². The fraction of sp³-hybridized carbons (Fsp3) is 0.500. The third-order valence-electron chi connectivity index (χ3n) is 3.99. The molecule has 114 valence electrons. The molecule has 1 saturated heterocycles. The van der Waals surface area contributed by atoms with Gasteiger partial charge < -0.3 is 15.7 Å². The molecule has 1 aromatic rings. The third-order valence-corrected chi connectivity index (χ3v) is 3.99. The molecular weight excluding hydrogens is 268 g/mol. The summed E-state index contributed by atoms with van der Waals surface area (Å²) >= 11 is 0. The quantitative estimate of drug-likeness (QED) is 0.735. The minimum absolute atomic E-state index is 0.208. The molecular formula is C16H22N2O3. The number of carbonyl (C=O) groups excluding carboxylic acids is 1. The van der Waals surface area contributed by atoms with E-state index in [4.69, 9.17) is 0 Å². The first kappa shape index (κ1) is 15.5. The number of carboxylic acids is 1. The van der Waals surface area contributed by atoms with Gasteiger partial charge in [0.25, 0.3) is 0 Å². The predicted molar refractivity (Wildman–Crippen MR) is 79.9 cm³/mol. The number of aryl methyl sites for hydroxylation is 1. The lowest BCUT2D eigenvalue weighted by molar-refractivity contribution is -0.142. The van der Waals surface area contributed by atoms with Crippen LogP contribution in [0.3, 0.4) is 0 Å². The highest BCUT2D eigenvalue weighted by molar-refractivity contribution is 5.87. The van der Waals surface area contributed by atoms with E-state index in [2.05, 4.69) is 10.6 Å². The molecule has 5 nitrogen and oxygen atoms in total. The summed E-state index contributed by atoms with van der Waals surface area (Å²) in [7, 11) is 0. The van der Waals surface area contributed by atoms with Crippen molar-refractivity contribution in [3.8, 4) is 0 Å². The number of hydrogen-bond donors (Lipinski definition) is 3. The van der Waals surface area contributed by atoms with Crippen LogP contribution in [-0.4, -0.2) is 35.6 Å². The summed E-state index contributed by atoms with van der Waals surface area (Å²) in [5.41, 5.74) is 1.07. The van der Waals surface area contributed by atoms with Crippen LogP contribution in [0.15, 0.2) is 30.3 Å². The van der Waals surface area contributed by atoms with E-state index in [1.807, 2.05) is 37.3 Å². The van der Waals surface area contributed by atoms with Gasteiger partial charge in [-0.25, -0.2) is 4.79 Å². The van der Waals surface area contributed by atoms with Crippen molar-refractivity contribution >= 4 is 11.9 Å². The first-order valence-corrected chi connectivity index (χ1v) is 7.38. The zero-order valence-corrected chi connectivity index (χ0v) is 12.2. The zero-order chi connectivity index (χ0) is 15.2. The molecule has 0 spiro atoms. The Morgan fingerprint density at radius 2 is 2.10 bits per heavy atom. The van der Waals surface area contributed by atoms with Gasteiger partial charge in [0.15, 0.2) is 0 Å². The highest BCUT2D eigenvalue weighted by atomic mass is 16.4. The Hall–Kier alpha value is -1.88. The molecule has 1 fully saturated rings. The second-order valence-electron chi connectivity index (χ2n) is 5.62. The first-order chi connectivity index (χ1) is 10.1. The maximum Gasteiger partial charge on any atom is 0.326 e. The Kier molecular flexibility index (Phi) is 5.33. The highest BCUT2D eigenvalue weighted by Gasteiger charge is 2.31. The number of carboxylic acid groups (broad SMARTS) is 1. The van der Waals surface area contributed by atoms with Gasteiger partial charge in [-0.15, -0.1) is 0 Å².